The van der Waals surface area contributed by atoms with Crippen LogP contribution in [0.15, 0.2) is 23.0 Å². The monoisotopic (exact) mass is 389 g/mol. The topological polar surface area (TPSA) is 93.5 Å². The van der Waals surface area contributed by atoms with Gasteiger partial charge in [0.1, 0.15) is 6.54 Å². The summed E-state index contributed by atoms with van der Waals surface area (Å²) in [7, 11) is 1.65. The zero-order valence-corrected chi connectivity index (χ0v) is 17.6. The number of amides is 1. The lowest BCUT2D eigenvalue weighted by molar-refractivity contribution is -0.123. The summed E-state index contributed by atoms with van der Waals surface area (Å²) in [5.74, 6) is -0.277. The molecule has 0 radical (unpaired) electrons. The van der Waals surface area contributed by atoms with E-state index in [9.17, 15) is 14.7 Å². The normalized spacial score (nSPS) is 13.1. The van der Waals surface area contributed by atoms with E-state index >= 15 is 0 Å². The van der Waals surface area contributed by atoms with Gasteiger partial charge in [0.2, 0.25) is 5.91 Å². The molecule has 7 nitrogen and oxygen atoms in total. The number of benzene rings is 1. The molecule has 28 heavy (non-hydrogen) atoms. The van der Waals surface area contributed by atoms with E-state index < -0.39 is 5.60 Å². The first-order valence-corrected chi connectivity index (χ1v) is 9.65. The standard InChI is InChI=1S/C21H31N3O4/c1-7-15(12-25)22-18(26)11-24-20(27)16-9-8-14(21(4,5)28-6)10-17(16)19(23-24)13(2)3/h8-10,13,15,25H,7,11-12H2,1-6H3,(H,22,26)/t15-/m0/s1. The van der Waals surface area contributed by atoms with Crippen LogP contribution in [0.25, 0.3) is 10.8 Å². The van der Waals surface area contributed by atoms with Crippen LogP contribution in [0.4, 0.5) is 0 Å². The fourth-order valence-corrected chi connectivity index (χ4v) is 3.02. The molecule has 0 unspecified atom stereocenters. The van der Waals surface area contributed by atoms with Crippen molar-refractivity contribution < 1.29 is 14.6 Å². The summed E-state index contributed by atoms with van der Waals surface area (Å²) >= 11 is 0. The molecule has 0 aliphatic carbocycles. The smallest absolute Gasteiger partial charge is 0.275 e. The van der Waals surface area contributed by atoms with Gasteiger partial charge in [-0.25, -0.2) is 4.68 Å². The number of ether oxygens (including phenoxy) is 1. The second kappa shape index (κ2) is 8.84. The molecule has 2 N–H and O–H groups in total. The van der Waals surface area contributed by atoms with Crippen molar-refractivity contribution in [1.29, 1.82) is 0 Å². The average molecular weight is 389 g/mol. The number of fused-ring (bicyclic) bond motifs is 1. The van der Waals surface area contributed by atoms with Crippen LogP contribution >= 0.6 is 0 Å². The molecule has 0 aliphatic rings. The molecule has 0 saturated carbocycles. The molecule has 0 saturated heterocycles. The van der Waals surface area contributed by atoms with Gasteiger partial charge in [-0.05, 0) is 43.9 Å². The summed E-state index contributed by atoms with van der Waals surface area (Å²) in [6, 6.07) is 5.28. The van der Waals surface area contributed by atoms with Crippen molar-refractivity contribution in [1.82, 2.24) is 15.1 Å². The molecule has 1 aromatic carbocycles. The van der Waals surface area contributed by atoms with E-state index in [2.05, 4.69) is 10.4 Å². The lowest BCUT2D eigenvalue weighted by Crippen LogP contribution is -2.41. The van der Waals surface area contributed by atoms with Crippen LogP contribution in [0.1, 0.15) is 58.2 Å². The predicted molar refractivity (Wildman–Crippen MR) is 109 cm³/mol. The van der Waals surface area contributed by atoms with Gasteiger partial charge in [-0.15, -0.1) is 0 Å². The predicted octanol–water partition coefficient (Wildman–Crippen LogP) is 2.29. The fourth-order valence-electron chi connectivity index (χ4n) is 3.02. The Morgan fingerprint density at radius 2 is 2.00 bits per heavy atom. The van der Waals surface area contributed by atoms with Crippen LogP contribution in [0, 0.1) is 0 Å². The summed E-state index contributed by atoms with van der Waals surface area (Å²) in [4.78, 5) is 25.2. The van der Waals surface area contributed by atoms with Crippen molar-refractivity contribution in [3.8, 4) is 0 Å². The van der Waals surface area contributed by atoms with Crippen LogP contribution in [0.3, 0.4) is 0 Å². The maximum absolute atomic E-state index is 12.9. The molecule has 0 spiro atoms. The number of carbonyl (C=O) groups excluding carboxylic acids is 1. The second-order valence-electron chi connectivity index (χ2n) is 7.83. The molecule has 2 aromatic rings. The lowest BCUT2D eigenvalue weighted by atomic mass is 9.93. The van der Waals surface area contributed by atoms with Crippen molar-refractivity contribution in [2.24, 2.45) is 0 Å². The Bertz CT molecular complexity index is 898. The molecule has 1 heterocycles. The Hall–Kier alpha value is -2.25. The van der Waals surface area contributed by atoms with Gasteiger partial charge >= 0.3 is 0 Å². The van der Waals surface area contributed by atoms with Crippen LogP contribution in [0.5, 0.6) is 0 Å². The fraction of sp³-hybridized carbons (Fsp3) is 0.571. The molecule has 154 valence electrons. The highest BCUT2D eigenvalue weighted by Crippen LogP contribution is 2.29. The van der Waals surface area contributed by atoms with Gasteiger partial charge in [-0.3, -0.25) is 9.59 Å². The Kier molecular flexibility index (Phi) is 6.96. The Labute approximate surface area is 165 Å². The minimum atomic E-state index is -0.489. The molecule has 1 atom stereocenters. The maximum atomic E-state index is 12.9. The van der Waals surface area contributed by atoms with E-state index in [1.54, 1.807) is 13.2 Å². The van der Waals surface area contributed by atoms with Crippen LogP contribution in [-0.4, -0.2) is 40.6 Å². The molecule has 7 heteroatoms. The van der Waals surface area contributed by atoms with Crippen molar-refractivity contribution in [3.63, 3.8) is 0 Å². The number of hydrogen-bond acceptors (Lipinski definition) is 5. The van der Waals surface area contributed by atoms with Crippen molar-refractivity contribution in [2.75, 3.05) is 13.7 Å². The number of nitrogens with one attached hydrogen (secondary N) is 1. The van der Waals surface area contributed by atoms with Gasteiger partial charge in [0, 0.05) is 12.5 Å². The minimum Gasteiger partial charge on any atom is -0.394 e. The number of aliphatic hydroxyl groups excluding tert-OH is 1. The number of aromatic nitrogens is 2. The number of nitrogens with zero attached hydrogens (tertiary/aromatic N) is 2. The van der Waals surface area contributed by atoms with Crippen LogP contribution in [0.2, 0.25) is 0 Å². The van der Waals surface area contributed by atoms with E-state index in [1.807, 2.05) is 46.8 Å². The Balaban J connectivity index is 2.53. The third kappa shape index (κ3) is 4.59. The summed E-state index contributed by atoms with van der Waals surface area (Å²) in [5, 5.41) is 17.8. The van der Waals surface area contributed by atoms with E-state index in [4.69, 9.17) is 4.74 Å². The first-order valence-electron chi connectivity index (χ1n) is 9.65. The largest absolute Gasteiger partial charge is 0.394 e. The molecule has 1 aromatic heterocycles. The summed E-state index contributed by atoms with van der Waals surface area (Å²) in [5.41, 5.74) is 0.907. The summed E-state index contributed by atoms with van der Waals surface area (Å²) < 4.78 is 6.77. The highest BCUT2D eigenvalue weighted by molar-refractivity contribution is 5.85. The minimum absolute atomic E-state index is 0.0687. The number of hydrogen-bond donors (Lipinski definition) is 2. The lowest BCUT2D eigenvalue weighted by Gasteiger charge is -2.24. The second-order valence-corrected chi connectivity index (χ2v) is 7.83. The summed E-state index contributed by atoms with van der Waals surface area (Å²) in [6.45, 7) is 9.49. The number of methoxy groups -OCH3 is 1. The molecule has 0 aliphatic heterocycles. The van der Waals surface area contributed by atoms with E-state index in [0.29, 0.717) is 11.8 Å². The number of aliphatic hydroxyl groups is 1. The quantitative estimate of drug-likeness (QED) is 0.722. The first-order chi connectivity index (χ1) is 13.1. The third-order valence-electron chi connectivity index (χ3n) is 5.11. The number of carbonyl (C=O) groups is 1. The SMILES string of the molecule is CC[C@@H](CO)NC(=O)Cn1nc(C(C)C)c2cc(C(C)(C)OC)ccc2c1=O. The zero-order chi connectivity index (χ0) is 21.1. The van der Waals surface area contributed by atoms with Gasteiger partial charge in [0.25, 0.3) is 5.56 Å². The summed E-state index contributed by atoms with van der Waals surface area (Å²) in [6.07, 6.45) is 0.609. The molecule has 0 bridgehead atoms. The highest BCUT2D eigenvalue weighted by Gasteiger charge is 2.22. The highest BCUT2D eigenvalue weighted by atomic mass is 16.5. The van der Waals surface area contributed by atoms with Gasteiger partial charge in [0.05, 0.1) is 29.3 Å². The maximum Gasteiger partial charge on any atom is 0.275 e. The van der Waals surface area contributed by atoms with Crippen LogP contribution in [-0.2, 0) is 21.7 Å². The Morgan fingerprint density at radius 3 is 2.54 bits per heavy atom. The van der Waals surface area contributed by atoms with Crippen LogP contribution < -0.4 is 10.9 Å². The molecule has 0 fully saturated rings. The van der Waals surface area contributed by atoms with Crippen molar-refractivity contribution >= 4 is 16.7 Å². The third-order valence-corrected chi connectivity index (χ3v) is 5.11. The molecular formula is C21H31N3O4. The van der Waals surface area contributed by atoms with Gasteiger partial charge in [0.15, 0.2) is 0 Å². The van der Waals surface area contributed by atoms with Crippen molar-refractivity contribution in [2.45, 2.75) is 65.1 Å². The number of rotatable bonds is 8. The van der Waals surface area contributed by atoms with Crippen molar-refractivity contribution in [3.05, 3.63) is 39.8 Å². The van der Waals surface area contributed by atoms with Gasteiger partial charge in [-0.2, -0.15) is 5.10 Å². The molecule has 2 rings (SSSR count). The zero-order valence-electron chi connectivity index (χ0n) is 17.6. The van der Waals surface area contributed by atoms with E-state index in [-0.39, 0.29) is 36.6 Å². The van der Waals surface area contributed by atoms with Gasteiger partial charge < -0.3 is 15.2 Å². The molecular weight excluding hydrogens is 358 g/mol. The first kappa shape index (κ1) is 22.0. The molecule has 1 amide bonds. The average Bonchev–Trinajstić information content (AvgIpc) is 2.67. The van der Waals surface area contributed by atoms with E-state index in [1.165, 1.54) is 4.68 Å². The van der Waals surface area contributed by atoms with Gasteiger partial charge in [-0.1, -0.05) is 26.8 Å². The van der Waals surface area contributed by atoms with E-state index in [0.717, 1.165) is 16.6 Å². The Morgan fingerprint density at radius 1 is 1.32 bits per heavy atom.